The number of anilines is 1. The number of hydrogen-bond donors (Lipinski definition) is 1. The van der Waals surface area contributed by atoms with Gasteiger partial charge in [-0.05, 0) is 54.7 Å². The van der Waals surface area contributed by atoms with Crippen molar-refractivity contribution in [3.8, 4) is 11.5 Å². The monoisotopic (exact) mass is 489 g/mol. The fourth-order valence-electron chi connectivity index (χ4n) is 4.38. The topological polar surface area (TPSA) is 117 Å². The number of hydrogen-bond acceptors (Lipinski definition) is 8. The number of methoxy groups -OCH3 is 2. The Labute approximate surface area is 205 Å². The zero-order chi connectivity index (χ0) is 25.2. The highest BCUT2D eigenvalue weighted by Crippen LogP contribution is 2.34. The van der Waals surface area contributed by atoms with Gasteiger partial charge in [0.05, 0.1) is 31.7 Å². The Morgan fingerprint density at radius 1 is 1.00 bits per heavy atom. The molecule has 2 aromatic carbocycles. The van der Waals surface area contributed by atoms with Crippen LogP contribution in [0, 0.1) is 0 Å². The van der Waals surface area contributed by atoms with Crippen LogP contribution in [0.3, 0.4) is 0 Å². The number of carbonyl (C=O) groups excluding carboxylic acids is 2. The van der Waals surface area contributed by atoms with Gasteiger partial charge in [-0.1, -0.05) is 0 Å². The predicted octanol–water partition coefficient (Wildman–Crippen LogP) is 4.50. The van der Waals surface area contributed by atoms with Gasteiger partial charge >= 0.3 is 11.6 Å². The second kappa shape index (κ2) is 9.61. The van der Waals surface area contributed by atoms with Gasteiger partial charge in [0, 0.05) is 29.1 Å². The smallest absolute Gasteiger partial charge is 0.340 e. The zero-order valence-electron chi connectivity index (χ0n) is 19.7. The van der Waals surface area contributed by atoms with Crippen molar-refractivity contribution in [3.05, 3.63) is 87.2 Å². The first kappa shape index (κ1) is 23.2. The summed E-state index contributed by atoms with van der Waals surface area (Å²) in [5.74, 6) is -0.625. The van der Waals surface area contributed by atoms with Crippen LogP contribution in [0.25, 0.3) is 11.0 Å². The Balaban J connectivity index is 1.46. The molecule has 5 rings (SSSR count). The molecule has 0 saturated heterocycles. The number of furan rings is 1. The number of esters is 1. The molecule has 1 amide bonds. The van der Waals surface area contributed by atoms with E-state index < -0.39 is 17.5 Å². The van der Waals surface area contributed by atoms with Gasteiger partial charge in [0.15, 0.2) is 17.3 Å². The van der Waals surface area contributed by atoms with Crippen LogP contribution in [0.1, 0.15) is 44.0 Å². The van der Waals surface area contributed by atoms with E-state index in [0.717, 1.165) is 24.6 Å². The summed E-state index contributed by atoms with van der Waals surface area (Å²) in [5, 5.41) is 3.37. The van der Waals surface area contributed by atoms with Gasteiger partial charge in [0.1, 0.15) is 12.2 Å². The minimum atomic E-state index is -0.728. The summed E-state index contributed by atoms with van der Waals surface area (Å²) in [7, 11) is 2.87. The van der Waals surface area contributed by atoms with E-state index >= 15 is 0 Å². The maximum atomic E-state index is 13.2. The molecule has 0 unspecified atom stereocenters. The largest absolute Gasteiger partial charge is 0.493 e. The highest BCUT2D eigenvalue weighted by atomic mass is 16.5. The normalized spacial score (nSPS) is 12.3. The van der Waals surface area contributed by atoms with Crippen molar-refractivity contribution in [1.29, 1.82) is 0 Å². The summed E-state index contributed by atoms with van der Waals surface area (Å²) >= 11 is 0. The van der Waals surface area contributed by atoms with Crippen LogP contribution >= 0.6 is 0 Å². The van der Waals surface area contributed by atoms with E-state index in [1.54, 1.807) is 6.07 Å². The van der Waals surface area contributed by atoms with Crippen LogP contribution < -0.4 is 20.4 Å². The van der Waals surface area contributed by atoms with Gasteiger partial charge in [-0.3, -0.25) is 4.79 Å². The molecule has 36 heavy (non-hydrogen) atoms. The van der Waals surface area contributed by atoms with Gasteiger partial charge in [0.2, 0.25) is 0 Å². The Morgan fingerprint density at radius 3 is 2.47 bits per heavy atom. The lowest BCUT2D eigenvalue weighted by Crippen LogP contribution is -2.16. The van der Waals surface area contributed by atoms with E-state index in [4.69, 9.17) is 23.0 Å². The second-order valence-corrected chi connectivity index (χ2v) is 8.32. The Morgan fingerprint density at radius 2 is 1.75 bits per heavy atom. The first-order valence-electron chi connectivity index (χ1n) is 11.3. The highest BCUT2D eigenvalue weighted by molar-refractivity contribution is 6.07. The minimum absolute atomic E-state index is 0.0423. The lowest BCUT2D eigenvalue weighted by atomic mass is 10.0. The molecule has 1 aliphatic carbocycles. The number of ether oxygens (including phenoxy) is 3. The quantitative estimate of drug-likeness (QED) is 0.298. The number of benzene rings is 2. The van der Waals surface area contributed by atoms with Gasteiger partial charge in [0.25, 0.3) is 5.91 Å². The molecule has 0 fully saturated rings. The number of rotatable bonds is 7. The van der Waals surface area contributed by atoms with E-state index in [9.17, 15) is 14.4 Å². The summed E-state index contributed by atoms with van der Waals surface area (Å²) in [5.41, 5.74) is 3.03. The van der Waals surface area contributed by atoms with Crippen LogP contribution in [-0.2, 0) is 24.2 Å². The average Bonchev–Trinajstić information content (AvgIpc) is 3.57. The van der Waals surface area contributed by atoms with Crippen molar-refractivity contribution in [3.63, 3.8) is 0 Å². The molecule has 4 aromatic rings. The molecule has 1 N–H and O–H groups in total. The maximum absolute atomic E-state index is 13.2. The average molecular weight is 489 g/mol. The molecule has 0 spiro atoms. The Kier molecular flexibility index (Phi) is 6.20. The van der Waals surface area contributed by atoms with Crippen LogP contribution in [0.5, 0.6) is 11.5 Å². The number of aryl methyl sites for hydroxylation is 2. The lowest BCUT2D eigenvalue weighted by Gasteiger charge is -2.15. The predicted molar refractivity (Wildman–Crippen MR) is 130 cm³/mol. The lowest BCUT2D eigenvalue weighted by molar-refractivity contribution is 0.0474. The number of nitrogens with one attached hydrogen (secondary N) is 1. The molecule has 9 nitrogen and oxygen atoms in total. The fraction of sp³-hybridized carbons (Fsp3) is 0.222. The number of carbonyl (C=O) groups is 2. The van der Waals surface area contributed by atoms with Gasteiger partial charge in [-0.25, -0.2) is 9.59 Å². The third kappa shape index (κ3) is 4.43. The molecule has 0 aliphatic heterocycles. The molecule has 9 heteroatoms. The van der Waals surface area contributed by atoms with Gasteiger partial charge in [-0.2, -0.15) is 0 Å². The summed E-state index contributed by atoms with van der Waals surface area (Å²) in [6.07, 6.45) is 4.31. The van der Waals surface area contributed by atoms with E-state index in [-0.39, 0.29) is 29.4 Å². The molecule has 2 heterocycles. The van der Waals surface area contributed by atoms with E-state index in [1.807, 2.05) is 12.1 Å². The molecule has 0 saturated carbocycles. The number of fused-ring (bicyclic) bond motifs is 2. The molecule has 184 valence electrons. The van der Waals surface area contributed by atoms with Crippen molar-refractivity contribution >= 4 is 28.5 Å². The molecular weight excluding hydrogens is 466 g/mol. The van der Waals surface area contributed by atoms with Crippen LogP contribution in [-0.4, -0.2) is 26.1 Å². The van der Waals surface area contributed by atoms with Crippen molar-refractivity contribution < 1.29 is 32.6 Å². The van der Waals surface area contributed by atoms with Crippen molar-refractivity contribution in [2.75, 3.05) is 19.5 Å². The molecular formula is C27H23NO8. The zero-order valence-corrected chi connectivity index (χ0v) is 19.7. The van der Waals surface area contributed by atoms with Gasteiger partial charge < -0.3 is 28.4 Å². The van der Waals surface area contributed by atoms with E-state index in [0.29, 0.717) is 16.9 Å². The maximum Gasteiger partial charge on any atom is 0.340 e. The van der Waals surface area contributed by atoms with Gasteiger partial charge in [-0.15, -0.1) is 0 Å². The summed E-state index contributed by atoms with van der Waals surface area (Å²) < 4.78 is 26.8. The second-order valence-electron chi connectivity index (χ2n) is 8.32. The van der Waals surface area contributed by atoms with E-state index in [1.165, 1.54) is 55.9 Å². The van der Waals surface area contributed by atoms with Crippen molar-refractivity contribution in [2.45, 2.75) is 25.9 Å². The Bertz CT molecular complexity index is 1520. The minimum Gasteiger partial charge on any atom is -0.493 e. The molecule has 1 aliphatic rings. The van der Waals surface area contributed by atoms with Crippen molar-refractivity contribution in [1.82, 2.24) is 0 Å². The SMILES string of the molecule is COc1cc(NC(=O)c2ccco2)c(C(=O)OCc2cc(=O)oc3cc4c(cc23)CCC4)cc1OC. The van der Waals surface area contributed by atoms with Crippen LogP contribution in [0.15, 0.2) is 62.4 Å². The first-order chi connectivity index (χ1) is 17.5. The molecule has 2 aromatic heterocycles. The van der Waals surface area contributed by atoms with Crippen molar-refractivity contribution in [2.24, 2.45) is 0 Å². The summed E-state index contributed by atoms with van der Waals surface area (Å²) in [6, 6.07) is 11.2. The van der Waals surface area contributed by atoms with E-state index in [2.05, 4.69) is 5.32 Å². The summed E-state index contributed by atoms with van der Waals surface area (Å²) in [6.45, 7) is -0.167. The summed E-state index contributed by atoms with van der Waals surface area (Å²) in [4.78, 5) is 37.9. The van der Waals surface area contributed by atoms with Crippen LogP contribution in [0.2, 0.25) is 0 Å². The molecule has 0 atom stereocenters. The molecule has 0 radical (unpaired) electrons. The van der Waals surface area contributed by atoms with Crippen LogP contribution in [0.4, 0.5) is 5.69 Å². The highest BCUT2D eigenvalue weighted by Gasteiger charge is 2.22. The molecule has 0 bridgehead atoms. The standard InChI is InChI=1S/C27H23NO8/c1-32-23-12-19(20(13-24(23)33-2)28-26(30)21-7-4-8-34-21)27(31)35-14-17-11-25(29)36-22-10-16-6-3-5-15(16)9-18(17)22/h4,7-13H,3,5-6,14H2,1-2H3,(H,28,30). The number of amides is 1. The Hall–Kier alpha value is -4.53. The third-order valence-corrected chi connectivity index (χ3v) is 6.14. The first-order valence-corrected chi connectivity index (χ1v) is 11.3. The third-order valence-electron chi connectivity index (χ3n) is 6.14. The fourth-order valence-corrected chi connectivity index (χ4v) is 4.38.